The number of carbonyl (C=O) groups is 1. The standard InChI is InChI=1S/C21H21ClN2O5/c1-26-14-5-6-15(18(11-14)28-3)19-12-23-21(29-19)9-8-20(25)24-13-4-7-17(27-2)16(22)10-13/h4-7,10-12H,8-9H2,1-3H3,(H,24,25). The van der Waals surface area contributed by atoms with Crippen molar-refractivity contribution in [3.8, 4) is 28.6 Å². The molecule has 1 amide bonds. The number of hydrogen-bond acceptors (Lipinski definition) is 6. The number of ether oxygens (including phenoxy) is 3. The predicted octanol–water partition coefficient (Wildman–Crippen LogP) is 4.59. The van der Waals surface area contributed by atoms with Gasteiger partial charge in [-0.3, -0.25) is 4.79 Å². The molecule has 29 heavy (non-hydrogen) atoms. The van der Waals surface area contributed by atoms with Crippen molar-refractivity contribution in [2.45, 2.75) is 12.8 Å². The Balaban J connectivity index is 1.62. The number of anilines is 1. The van der Waals surface area contributed by atoms with Crippen LogP contribution in [0, 0.1) is 0 Å². The second-order valence-corrected chi connectivity index (χ2v) is 6.49. The monoisotopic (exact) mass is 416 g/mol. The number of hydrogen-bond donors (Lipinski definition) is 1. The molecule has 8 heteroatoms. The summed E-state index contributed by atoms with van der Waals surface area (Å²) in [7, 11) is 4.70. The van der Waals surface area contributed by atoms with E-state index in [0.29, 0.717) is 46.0 Å². The van der Waals surface area contributed by atoms with Crippen molar-refractivity contribution in [1.29, 1.82) is 0 Å². The molecule has 0 aliphatic heterocycles. The van der Waals surface area contributed by atoms with Gasteiger partial charge in [0, 0.05) is 24.6 Å². The van der Waals surface area contributed by atoms with Gasteiger partial charge in [0.1, 0.15) is 17.2 Å². The molecule has 152 valence electrons. The van der Waals surface area contributed by atoms with E-state index >= 15 is 0 Å². The molecular formula is C21H21ClN2O5. The van der Waals surface area contributed by atoms with Gasteiger partial charge in [-0.15, -0.1) is 0 Å². The first-order valence-corrected chi connectivity index (χ1v) is 9.22. The molecule has 0 radical (unpaired) electrons. The molecule has 0 saturated heterocycles. The summed E-state index contributed by atoms with van der Waals surface area (Å²) < 4.78 is 21.5. The van der Waals surface area contributed by atoms with Crippen LogP contribution in [0.25, 0.3) is 11.3 Å². The number of halogens is 1. The zero-order valence-corrected chi connectivity index (χ0v) is 17.1. The number of rotatable bonds is 8. The van der Waals surface area contributed by atoms with Gasteiger partial charge < -0.3 is 23.9 Å². The van der Waals surface area contributed by atoms with Gasteiger partial charge in [-0.25, -0.2) is 4.98 Å². The Morgan fingerprint density at radius 1 is 1.07 bits per heavy atom. The Labute approximate surface area is 173 Å². The molecule has 0 aliphatic carbocycles. The highest BCUT2D eigenvalue weighted by molar-refractivity contribution is 6.32. The van der Waals surface area contributed by atoms with E-state index in [4.69, 9.17) is 30.2 Å². The molecular weight excluding hydrogens is 396 g/mol. The number of benzene rings is 2. The van der Waals surface area contributed by atoms with Crippen LogP contribution in [-0.2, 0) is 11.2 Å². The molecule has 7 nitrogen and oxygen atoms in total. The second-order valence-electron chi connectivity index (χ2n) is 6.08. The lowest BCUT2D eigenvalue weighted by Crippen LogP contribution is -2.12. The first kappa shape index (κ1) is 20.5. The van der Waals surface area contributed by atoms with E-state index in [1.165, 1.54) is 7.11 Å². The summed E-state index contributed by atoms with van der Waals surface area (Å²) in [6, 6.07) is 10.5. The van der Waals surface area contributed by atoms with Crippen molar-refractivity contribution >= 4 is 23.2 Å². The number of aromatic nitrogens is 1. The molecule has 0 spiro atoms. The molecule has 0 saturated carbocycles. The van der Waals surface area contributed by atoms with Crippen LogP contribution in [0.15, 0.2) is 47.0 Å². The number of carbonyl (C=O) groups excluding carboxylic acids is 1. The Morgan fingerprint density at radius 3 is 2.55 bits per heavy atom. The molecule has 1 heterocycles. The topological polar surface area (TPSA) is 82.8 Å². The number of nitrogens with one attached hydrogen (secondary N) is 1. The lowest BCUT2D eigenvalue weighted by Gasteiger charge is -2.08. The van der Waals surface area contributed by atoms with Crippen molar-refractivity contribution in [1.82, 2.24) is 4.98 Å². The number of methoxy groups -OCH3 is 3. The summed E-state index contributed by atoms with van der Waals surface area (Å²) in [4.78, 5) is 16.5. The summed E-state index contributed by atoms with van der Waals surface area (Å²) >= 11 is 6.07. The third kappa shape index (κ3) is 5.00. The fourth-order valence-electron chi connectivity index (χ4n) is 2.74. The van der Waals surface area contributed by atoms with Gasteiger partial charge in [-0.1, -0.05) is 11.6 Å². The van der Waals surface area contributed by atoms with E-state index in [1.54, 1.807) is 44.7 Å². The molecule has 0 unspecified atom stereocenters. The van der Waals surface area contributed by atoms with Crippen molar-refractivity contribution in [3.05, 3.63) is 53.5 Å². The molecule has 2 aromatic carbocycles. The maximum atomic E-state index is 12.2. The number of nitrogens with zero attached hydrogens (tertiary/aromatic N) is 1. The van der Waals surface area contributed by atoms with Crippen LogP contribution in [0.1, 0.15) is 12.3 Å². The van der Waals surface area contributed by atoms with E-state index in [2.05, 4.69) is 10.3 Å². The van der Waals surface area contributed by atoms with E-state index in [0.717, 1.165) is 5.56 Å². The van der Waals surface area contributed by atoms with E-state index in [9.17, 15) is 4.79 Å². The lowest BCUT2D eigenvalue weighted by atomic mass is 10.1. The minimum Gasteiger partial charge on any atom is -0.497 e. The minimum atomic E-state index is -0.173. The molecule has 3 aromatic rings. The summed E-state index contributed by atoms with van der Waals surface area (Å²) in [5, 5.41) is 3.22. The number of aryl methyl sites for hydroxylation is 1. The quantitative estimate of drug-likeness (QED) is 0.578. The molecule has 0 bridgehead atoms. The van der Waals surface area contributed by atoms with Crippen LogP contribution in [0.3, 0.4) is 0 Å². The Hall–Kier alpha value is -3.19. The van der Waals surface area contributed by atoms with E-state index in [1.807, 2.05) is 12.1 Å². The maximum absolute atomic E-state index is 12.2. The first-order chi connectivity index (χ1) is 14.0. The van der Waals surface area contributed by atoms with Gasteiger partial charge in [-0.05, 0) is 30.3 Å². The van der Waals surface area contributed by atoms with E-state index in [-0.39, 0.29) is 12.3 Å². The SMILES string of the molecule is COc1ccc(-c2cnc(CCC(=O)Nc3ccc(OC)c(Cl)c3)o2)c(OC)c1. The van der Waals surface area contributed by atoms with Crippen LogP contribution in [-0.4, -0.2) is 32.2 Å². The van der Waals surface area contributed by atoms with Crippen LogP contribution in [0.4, 0.5) is 5.69 Å². The molecule has 0 aliphatic rings. The smallest absolute Gasteiger partial charge is 0.224 e. The summed E-state index contributed by atoms with van der Waals surface area (Å²) in [6.45, 7) is 0. The Bertz CT molecular complexity index is 1000. The summed E-state index contributed by atoms with van der Waals surface area (Å²) in [6.07, 6.45) is 2.18. The second kappa shape index (κ2) is 9.34. The van der Waals surface area contributed by atoms with Crippen LogP contribution >= 0.6 is 11.6 Å². The molecule has 1 N–H and O–H groups in total. The lowest BCUT2D eigenvalue weighted by molar-refractivity contribution is -0.116. The highest BCUT2D eigenvalue weighted by Gasteiger charge is 2.14. The third-order valence-corrected chi connectivity index (χ3v) is 4.52. The normalized spacial score (nSPS) is 10.5. The number of oxazole rings is 1. The average Bonchev–Trinajstić information content (AvgIpc) is 3.20. The minimum absolute atomic E-state index is 0.173. The van der Waals surface area contributed by atoms with Gasteiger partial charge in [-0.2, -0.15) is 0 Å². The highest BCUT2D eigenvalue weighted by Crippen LogP contribution is 2.33. The fraction of sp³-hybridized carbons (Fsp3) is 0.238. The molecule has 0 fully saturated rings. The molecule has 1 aromatic heterocycles. The van der Waals surface area contributed by atoms with Crippen molar-refractivity contribution in [3.63, 3.8) is 0 Å². The first-order valence-electron chi connectivity index (χ1n) is 8.84. The Morgan fingerprint density at radius 2 is 1.86 bits per heavy atom. The third-order valence-electron chi connectivity index (χ3n) is 4.23. The van der Waals surface area contributed by atoms with Crippen LogP contribution in [0.2, 0.25) is 5.02 Å². The van der Waals surface area contributed by atoms with Crippen molar-refractivity contribution in [2.75, 3.05) is 26.6 Å². The molecule has 0 atom stereocenters. The van der Waals surface area contributed by atoms with Crippen LogP contribution in [0.5, 0.6) is 17.2 Å². The van der Waals surface area contributed by atoms with E-state index < -0.39 is 0 Å². The highest BCUT2D eigenvalue weighted by atomic mass is 35.5. The summed E-state index contributed by atoms with van der Waals surface area (Å²) in [5.74, 6) is 2.68. The van der Waals surface area contributed by atoms with Crippen molar-refractivity contribution in [2.24, 2.45) is 0 Å². The largest absolute Gasteiger partial charge is 0.497 e. The van der Waals surface area contributed by atoms with Gasteiger partial charge in [0.15, 0.2) is 11.7 Å². The maximum Gasteiger partial charge on any atom is 0.224 e. The van der Waals surface area contributed by atoms with Gasteiger partial charge >= 0.3 is 0 Å². The molecule has 3 rings (SSSR count). The van der Waals surface area contributed by atoms with Crippen LogP contribution < -0.4 is 19.5 Å². The fourth-order valence-corrected chi connectivity index (χ4v) is 3.00. The Kier molecular flexibility index (Phi) is 6.61. The van der Waals surface area contributed by atoms with Gasteiger partial charge in [0.05, 0.1) is 38.1 Å². The summed E-state index contributed by atoms with van der Waals surface area (Å²) in [5.41, 5.74) is 1.35. The number of amides is 1. The average molecular weight is 417 g/mol. The predicted molar refractivity (Wildman–Crippen MR) is 110 cm³/mol. The zero-order chi connectivity index (χ0) is 20.8. The zero-order valence-electron chi connectivity index (χ0n) is 16.3. The van der Waals surface area contributed by atoms with Gasteiger partial charge in [0.25, 0.3) is 0 Å². The van der Waals surface area contributed by atoms with Gasteiger partial charge in [0.2, 0.25) is 5.91 Å². The van der Waals surface area contributed by atoms with Crippen molar-refractivity contribution < 1.29 is 23.4 Å².